The van der Waals surface area contributed by atoms with Gasteiger partial charge in [-0.1, -0.05) is 29.0 Å². The van der Waals surface area contributed by atoms with Crippen LogP contribution in [0.15, 0.2) is 47.3 Å². The van der Waals surface area contributed by atoms with Crippen LogP contribution in [0.3, 0.4) is 0 Å². The molecule has 0 saturated heterocycles. The monoisotopic (exact) mass is 418 g/mol. The van der Waals surface area contributed by atoms with Crippen LogP contribution >= 0.6 is 22.9 Å². The summed E-state index contributed by atoms with van der Waals surface area (Å²) in [6.45, 7) is 0. The fourth-order valence-corrected chi connectivity index (χ4v) is 4.70. The second-order valence-corrected chi connectivity index (χ2v) is 7.87. The minimum atomic E-state index is -0.520. The highest BCUT2D eigenvalue weighted by Gasteiger charge is 2.37. The van der Waals surface area contributed by atoms with Crippen LogP contribution in [0.4, 0.5) is 15.9 Å². The molecule has 0 radical (unpaired) electrons. The van der Waals surface area contributed by atoms with Crippen LogP contribution in [-0.2, 0) is 11.8 Å². The topological polar surface area (TPSA) is 51.5 Å². The Balaban J connectivity index is 1.86. The summed E-state index contributed by atoms with van der Waals surface area (Å²) >= 11 is 7.03. The molecule has 2 aromatic carbocycles. The molecule has 0 aliphatic carbocycles. The molecule has 1 atom stereocenters. The van der Waals surface area contributed by atoms with Crippen molar-refractivity contribution in [3.05, 3.63) is 73.4 Å². The SMILES string of the molecule is COc1ccc(N2C(=O)CC(c3ccc(F)c(Cl)c3)c3sc(=O)n(C)c32)cc1. The first-order chi connectivity index (χ1) is 13.4. The van der Waals surface area contributed by atoms with Crippen LogP contribution in [0.2, 0.25) is 5.02 Å². The Morgan fingerprint density at radius 1 is 1.18 bits per heavy atom. The number of nitrogens with zero attached hydrogens (tertiary/aromatic N) is 2. The lowest BCUT2D eigenvalue weighted by Gasteiger charge is -2.32. The van der Waals surface area contributed by atoms with Crippen LogP contribution in [0.1, 0.15) is 22.8 Å². The predicted octanol–water partition coefficient (Wildman–Crippen LogP) is 4.45. The zero-order valence-electron chi connectivity index (χ0n) is 15.1. The third-order valence-electron chi connectivity index (χ3n) is 4.84. The number of hydrogen-bond acceptors (Lipinski definition) is 4. The van der Waals surface area contributed by atoms with Crippen molar-refractivity contribution < 1.29 is 13.9 Å². The molecule has 1 aliphatic rings. The number of thiazole rings is 1. The first-order valence-corrected chi connectivity index (χ1v) is 9.72. The minimum absolute atomic E-state index is 0.00707. The molecule has 1 amide bonds. The average molecular weight is 419 g/mol. The molecule has 2 heterocycles. The molecule has 144 valence electrons. The largest absolute Gasteiger partial charge is 0.497 e. The molecule has 0 N–H and O–H groups in total. The van der Waals surface area contributed by atoms with E-state index in [9.17, 15) is 14.0 Å². The number of rotatable bonds is 3. The number of aromatic nitrogens is 1. The van der Waals surface area contributed by atoms with Gasteiger partial charge in [0.2, 0.25) is 5.91 Å². The van der Waals surface area contributed by atoms with Gasteiger partial charge in [0.05, 0.1) is 22.7 Å². The maximum atomic E-state index is 13.6. The van der Waals surface area contributed by atoms with E-state index in [1.165, 1.54) is 16.7 Å². The van der Waals surface area contributed by atoms with Crippen LogP contribution < -0.4 is 14.5 Å². The van der Waals surface area contributed by atoms with Crippen LogP contribution in [0, 0.1) is 5.82 Å². The fraction of sp³-hybridized carbons (Fsp3) is 0.200. The van der Waals surface area contributed by atoms with Gasteiger partial charge in [0, 0.05) is 19.4 Å². The number of ether oxygens (including phenoxy) is 1. The van der Waals surface area contributed by atoms with Crippen molar-refractivity contribution in [1.82, 2.24) is 4.57 Å². The Morgan fingerprint density at radius 3 is 2.54 bits per heavy atom. The summed E-state index contributed by atoms with van der Waals surface area (Å²) in [5.41, 5.74) is 1.35. The molecule has 28 heavy (non-hydrogen) atoms. The Kier molecular flexibility index (Phi) is 4.72. The Hall–Kier alpha value is -2.64. The minimum Gasteiger partial charge on any atom is -0.497 e. The van der Waals surface area contributed by atoms with E-state index in [0.29, 0.717) is 22.8 Å². The number of carbonyl (C=O) groups is 1. The zero-order chi connectivity index (χ0) is 20.0. The van der Waals surface area contributed by atoms with E-state index in [4.69, 9.17) is 16.3 Å². The van der Waals surface area contributed by atoms with Crippen molar-refractivity contribution >= 4 is 40.4 Å². The highest BCUT2D eigenvalue weighted by Crippen LogP contribution is 2.45. The van der Waals surface area contributed by atoms with Crippen molar-refractivity contribution in [3.63, 3.8) is 0 Å². The summed E-state index contributed by atoms with van der Waals surface area (Å²) in [5, 5.41) is -0.00707. The van der Waals surface area contributed by atoms with E-state index in [1.54, 1.807) is 49.4 Å². The number of amides is 1. The number of hydrogen-bond donors (Lipinski definition) is 0. The third-order valence-corrected chi connectivity index (χ3v) is 6.27. The highest BCUT2D eigenvalue weighted by molar-refractivity contribution is 7.10. The molecule has 1 aliphatic heterocycles. The van der Waals surface area contributed by atoms with Gasteiger partial charge in [0.25, 0.3) is 0 Å². The van der Waals surface area contributed by atoms with Crippen LogP contribution in [-0.4, -0.2) is 17.6 Å². The van der Waals surface area contributed by atoms with E-state index in [0.717, 1.165) is 16.2 Å². The zero-order valence-corrected chi connectivity index (χ0v) is 16.7. The van der Waals surface area contributed by atoms with Gasteiger partial charge in [0.1, 0.15) is 17.4 Å². The van der Waals surface area contributed by atoms with Gasteiger partial charge in [-0.3, -0.25) is 19.1 Å². The molecule has 0 bridgehead atoms. The lowest BCUT2D eigenvalue weighted by atomic mass is 9.90. The summed E-state index contributed by atoms with van der Waals surface area (Å²) < 4.78 is 20.2. The lowest BCUT2D eigenvalue weighted by Crippen LogP contribution is -2.34. The molecule has 4 rings (SSSR count). The van der Waals surface area contributed by atoms with E-state index < -0.39 is 5.82 Å². The van der Waals surface area contributed by atoms with E-state index in [1.807, 2.05) is 0 Å². The second-order valence-electron chi connectivity index (χ2n) is 6.47. The van der Waals surface area contributed by atoms with Gasteiger partial charge in [0.15, 0.2) is 0 Å². The number of benzene rings is 2. The molecule has 0 spiro atoms. The molecule has 1 aromatic heterocycles. The Bertz CT molecular complexity index is 1120. The van der Waals surface area contributed by atoms with Crippen LogP contribution in [0.25, 0.3) is 0 Å². The van der Waals surface area contributed by atoms with Crippen molar-refractivity contribution in [2.24, 2.45) is 7.05 Å². The molecule has 0 saturated carbocycles. The first kappa shape index (κ1) is 18.7. The van der Waals surface area contributed by atoms with E-state index in [-0.39, 0.29) is 28.1 Å². The van der Waals surface area contributed by atoms with Crippen molar-refractivity contribution in [3.8, 4) is 5.75 Å². The number of methoxy groups -OCH3 is 1. The molecule has 5 nitrogen and oxygen atoms in total. The summed E-state index contributed by atoms with van der Waals surface area (Å²) in [6, 6.07) is 11.5. The van der Waals surface area contributed by atoms with Gasteiger partial charge in [-0.05, 0) is 42.0 Å². The van der Waals surface area contributed by atoms with Gasteiger partial charge in [-0.2, -0.15) is 0 Å². The number of carbonyl (C=O) groups excluding carboxylic acids is 1. The number of halogens is 2. The van der Waals surface area contributed by atoms with E-state index in [2.05, 4.69) is 0 Å². The molecular weight excluding hydrogens is 403 g/mol. The van der Waals surface area contributed by atoms with Crippen molar-refractivity contribution in [2.45, 2.75) is 12.3 Å². The standard InChI is InChI=1S/C20H16ClFN2O3S/c1-23-19-18(28-20(23)26)14(11-3-8-16(22)15(21)9-11)10-17(25)24(19)12-4-6-13(27-2)7-5-12/h3-9,14H,10H2,1-2H3. The molecular formula is C20H16ClFN2O3S. The normalized spacial score (nSPS) is 16.2. The Morgan fingerprint density at radius 2 is 1.89 bits per heavy atom. The molecule has 8 heteroatoms. The maximum absolute atomic E-state index is 13.6. The summed E-state index contributed by atoms with van der Waals surface area (Å²) in [6.07, 6.45) is 0.154. The predicted molar refractivity (Wildman–Crippen MR) is 108 cm³/mol. The summed E-state index contributed by atoms with van der Waals surface area (Å²) in [5.74, 6) is 0.174. The van der Waals surface area contributed by atoms with Crippen molar-refractivity contribution in [1.29, 1.82) is 0 Å². The smallest absolute Gasteiger partial charge is 0.308 e. The quantitative estimate of drug-likeness (QED) is 0.631. The third kappa shape index (κ3) is 3.00. The highest BCUT2D eigenvalue weighted by atomic mass is 35.5. The van der Waals surface area contributed by atoms with Crippen LogP contribution in [0.5, 0.6) is 5.75 Å². The van der Waals surface area contributed by atoms with Gasteiger partial charge < -0.3 is 4.74 Å². The van der Waals surface area contributed by atoms with Gasteiger partial charge >= 0.3 is 4.87 Å². The first-order valence-electron chi connectivity index (χ1n) is 8.52. The lowest BCUT2D eigenvalue weighted by molar-refractivity contribution is -0.118. The fourth-order valence-electron chi connectivity index (χ4n) is 3.42. The molecule has 0 fully saturated rings. The number of fused-ring (bicyclic) bond motifs is 1. The van der Waals surface area contributed by atoms with Crippen molar-refractivity contribution in [2.75, 3.05) is 12.0 Å². The summed E-state index contributed by atoms with van der Waals surface area (Å²) in [4.78, 5) is 27.6. The maximum Gasteiger partial charge on any atom is 0.308 e. The van der Waals surface area contributed by atoms with E-state index >= 15 is 0 Å². The number of anilines is 2. The Labute approximate surface area is 169 Å². The second kappa shape index (κ2) is 7.07. The summed E-state index contributed by atoms with van der Waals surface area (Å²) in [7, 11) is 3.21. The molecule has 3 aromatic rings. The van der Waals surface area contributed by atoms with Gasteiger partial charge in [-0.25, -0.2) is 4.39 Å². The molecule has 1 unspecified atom stereocenters. The average Bonchev–Trinajstić information content (AvgIpc) is 2.98. The van der Waals surface area contributed by atoms with Gasteiger partial charge in [-0.15, -0.1) is 0 Å².